The summed E-state index contributed by atoms with van der Waals surface area (Å²) in [7, 11) is 0. The van der Waals surface area contributed by atoms with E-state index in [2.05, 4.69) is 0 Å². The van der Waals surface area contributed by atoms with Crippen LogP contribution in [-0.2, 0) is 11.2 Å². The summed E-state index contributed by atoms with van der Waals surface area (Å²) in [6.45, 7) is 0. The van der Waals surface area contributed by atoms with Crippen molar-refractivity contribution in [1.82, 2.24) is 0 Å². The number of carbonyl (C=O) groups is 1. The van der Waals surface area contributed by atoms with Gasteiger partial charge in [0.2, 0.25) is 0 Å². The summed E-state index contributed by atoms with van der Waals surface area (Å²) in [6.07, 6.45) is -0.107. The maximum absolute atomic E-state index is 13.6. The first-order valence-corrected chi connectivity index (χ1v) is 5.23. The summed E-state index contributed by atoms with van der Waals surface area (Å²) in [6, 6.07) is 13.3. The van der Waals surface area contributed by atoms with E-state index >= 15 is 0 Å². The molecule has 1 N–H and O–H groups in total. The van der Waals surface area contributed by atoms with E-state index in [1.165, 1.54) is 6.07 Å². The first-order valence-electron chi connectivity index (χ1n) is 5.23. The van der Waals surface area contributed by atoms with E-state index in [1.807, 2.05) is 0 Å². The molecule has 2 aromatic carbocycles. The molecule has 0 bridgehead atoms. The van der Waals surface area contributed by atoms with Gasteiger partial charge in [-0.1, -0.05) is 42.5 Å². The Balaban J connectivity index is 2.52. The topological polar surface area (TPSA) is 37.3 Å². The van der Waals surface area contributed by atoms with Gasteiger partial charge in [-0.15, -0.1) is 0 Å². The van der Waals surface area contributed by atoms with Crippen LogP contribution in [0.4, 0.5) is 4.39 Å². The quantitative estimate of drug-likeness (QED) is 0.879. The SMILES string of the molecule is O=C(O)Cc1ccccc1-c1ccccc1F. The third kappa shape index (κ3) is 2.50. The summed E-state index contributed by atoms with van der Waals surface area (Å²) in [5.74, 6) is -1.26. The molecule has 0 aliphatic carbocycles. The van der Waals surface area contributed by atoms with Crippen molar-refractivity contribution in [2.75, 3.05) is 0 Å². The van der Waals surface area contributed by atoms with Crippen molar-refractivity contribution in [2.45, 2.75) is 6.42 Å². The lowest BCUT2D eigenvalue weighted by Crippen LogP contribution is -2.02. The molecule has 0 saturated carbocycles. The molecule has 3 heteroatoms. The van der Waals surface area contributed by atoms with Crippen LogP contribution >= 0.6 is 0 Å². The minimum absolute atomic E-state index is 0.107. The van der Waals surface area contributed by atoms with Crippen molar-refractivity contribution in [2.24, 2.45) is 0 Å². The van der Waals surface area contributed by atoms with Crippen molar-refractivity contribution in [3.05, 3.63) is 59.9 Å². The van der Waals surface area contributed by atoms with Crippen LogP contribution in [0.25, 0.3) is 11.1 Å². The molecular formula is C14H11FO2. The minimum Gasteiger partial charge on any atom is -0.481 e. The standard InChI is InChI=1S/C14H11FO2/c15-13-8-4-3-7-12(13)11-6-2-1-5-10(11)9-14(16)17/h1-8H,9H2,(H,16,17). The van der Waals surface area contributed by atoms with E-state index < -0.39 is 5.97 Å². The maximum atomic E-state index is 13.6. The fraction of sp³-hybridized carbons (Fsp3) is 0.0714. The third-order valence-electron chi connectivity index (χ3n) is 2.52. The normalized spacial score (nSPS) is 10.2. The van der Waals surface area contributed by atoms with E-state index in [1.54, 1.807) is 42.5 Å². The number of benzene rings is 2. The predicted octanol–water partition coefficient (Wildman–Crippen LogP) is 3.12. The fourth-order valence-corrected chi connectivity index (χ4v) is 1.78. The lowest BCUT2D eigenvalue weighted by molar-refractivity contribution is -0.136. The number of aliphatic carboxylic acids is 1. The van der Waals surface area contributed by atoms with Gasteiger partial charge in [0.15, 0.2) is 0 Å². The summed E-state index contributed by atoms with van der Waals surface area (Å²) in [5.41, 5.74) is 1.68. The Labute approximate surface area is 98.3 Å². The molecule has 86 valence electrons. The van der Waals surface area contributed by atoms with Gasteiger partial charge in [-0.25, -0.2) is 4.39 Å². The molecule has 0 amide bonds. The molecule has 17 heavy (non-hydrogen) atoms. The Morgan fingerprint density at radius 3 is 2.24 bits per heavy atom. The highest BCUT2D eigenvalue weighted by Crippen LogP contribution is 2.26. The summed E-state index contributed by atoms with van der Waals surface area (Å²) >= 11 is 0. The van der Waals surface area contributed by atoms with Crippen LogP contribution in [0.3, 0.4) is 0 Å². The molecule has 0 fully saturated rings. The van der Waals surface area contributed by atoms with Gasteiger partial charge in [-0.2, -0.15) is 0 Å². The van der Waals surface area contributed by atoms with E-state index in [0.29, 0.717) is 16.7 Å². The largest absolute Gasteiger partial charge is 0.481 e. The van der Waals surface area contributed by atoms with Gasteiger partial charge in [0.25, 0.3) is 0 Å². The Hall–Kier alpha value is -2.16. The molecule has 0 saturated heterocycles. The first-order chi connectivity index (χ1) is 8.18. The molecule has 0 atom stereocenters. The zero-order valence-corrected chi connectivity index (χ0v) is 9.06. The second-order valence-electron chi connectivity index (χ2n) is 3.71. The van der Waals surface area contributed by atoms with Crippen molar-refractivity contribution in [3.63, 3.8) is 0 Å². The van der Waals surface area contributed by atoms with Crippen LogP contribution in [0.15, 0.2) is 48.5 Å². The predicted molar refractivity (Wildman–Crippen MR) is 63.2 cm³/mol. The Morgan fingerprint density at radius 2 is 1.59 bits per heavy atom. The Morgan fingerprint density at radius 1 is 1.00 bits per heavy atom. The van der Waals surface area contributed by atoms with Gasteiger partial charge in [0.1, 0.15) is 5.82 Å². The second kappa shape index (κ2) is 4.78. The highest BCUT2D eigenvalue weighted by molar-refractivity contribution is 5.76. The fourth-order valence-electron chi connectivity index (χ4n) is 1.78. The molecule has 2 nitrogen and oxygen atoms in total. The number of carboxylic acids is 1. The maximum Gasteiger partial charge on any atom is 0.307 e. The van der Waals surface area contributed by atoms with Crippen molar-refractivity contribution in [1.29, 1.82) is 0 Å². The summed E-state index contributed by atoms with van der Waals surface area (Å²) in [4.78, 5) is 10.7. The Kier molecular flexibility index (Phi) is 3.19. The molecular weight excluding hydrogens is 219 g/mol. The van der Waals surface area contributed by atoms with Crippen LogP contribution in [0.1, 0.15) is 5.56 Å². The average molecular weight is 230 g/mol. The second-order valence-corrected chi connectivity index (χ2v) is 3.71. The molecule has 0 radical (unpaired) electrons. The summed E-state index contributed by atoms with van der Waals surface area (Å²) in [5, 5.41) is 8.81. The lowest BCUT2D eigenvalue weighted by atomic mass is 9.97. The number of carboxylic acid groups (broad SMARTS) is 1. The van der Waals surface area contributed by atoms with Gasteiger partial charge < -0.3 is 5.11 Å². The minimum atomic E-state index is -0.922. The highest BCUT2D eigenvalue weighted by atomic mass is 19.1. The smallest absolute Gasteiger partial charge is 0.307 e. The number of hydrogen-bond acceptors (Lipinski definition) is 1. The van der Waals surface area contributed by atoms with E-state index in [4.69, 9.17) is 5.11 Å². The van der Waals surface area contributed by atoms with Gasteiger partial charge in [0.05, 0.1) is 6.42 Å². The van der Waals surface area contributed by atoms with E-state index in [-0.39, 0.29) is 12.2 Å². The Bertz CT molecular complexity index is 549. The van der Waals surface area contributed by atoms with Gasteiger partial charge in [-0.3, -0.25) is 4.79 Å². The van der Waals surface area contributed by atoms with Crippen molar-refractivity contribution < 1.29 is 14.3 Å². The zero-order chi connectivity index (χ0) is 12.3. The van der Waals surface area contributed by atoms with Crippen LogP contribution in [0.2, 0.25) is 0 Å². The van der Waals surface area contributed by atoms with Gasteiger partial charge in [-0.05, 0) is 17.2 Å². The lowest BCUT2D eigenvalue weighted by Gasteiger charge is -2.08. The summed E-state index contributed by atoms with van der Waals surface area (Å²) < 4.78 is 13.6. The molecule has 0 unspecified atom stereocenters. The number of hydrogen-bond donors (Lipinski definition) is 1. The molecule has 0 heterocycles. The van der Waals surface area contributed by atoms with E-state index in [0.717, 1.165) is 0 Å². The third-order valence-corrected chi connectivity index (χ3v) is 2.52. The van der Waals surface area contributed by atoms with Crippen LogP contribution in [0, 0.1) is 5.82 Å². The monoisotopic (exact) mass is 230 g/mol. The highest BCUT2D eigenvalue weighted by Gasteiger charge is 2.10. The van der Waals surface area contributed by atoms with Gasteiger partial charge in [0, 0.05) is 5.56 Å². The van der Waals surface area contributed by atoms with Crippen molar-refractivity contribution >= 4 is 5.97 Å². The zero-order valence-electron chi connectivity index (χ0n) is 9.06. The van der Waals surface area contributed by atoms with Crippen LogP contribution < -0.4 is 0 Å². The number of rotatable bonds is 3. The number of halogens is 1. The molecule has 2 rings (SSSR count). The molecule has 2 aromatic rings. The average Bonchev–Trinajstić information content (AvgIpc) is 2.30. The van der Waals surface area contributed by atoms with Crippen LogP contribution in [0.5, 0.6) is 0 Å². The van der Waals surface area contributed by atoms with Crippen LogP contribution in [-0.4, -0.2) is 11.1 Å². The van der Waals surface area contributed by atoms with Gasteiger partial charge >= 0.3 is 5.97 Å². The molecule has 0 aliphatic rings. The van der Waals surface area contributed by atoms with Crippen molar-refractivity contribution in [3.8, 4) is 11.1 Å². The van der Waals surface area contributed by atoms with E-state index in [9.17, 15) is 9.18 Å². The molecule has 0 spiro atoms. The molecule has 0 aliphatic heterocycles. The molecule has 0 aromatic heterocycles. The first kappa shape index (κ1) is 11.3.